The highest BCUT2D eigenvalue weighted by molar-refractivity contribution is 6.11. The number of benzene rings is 1. The molecular weight excluding hydrogens is 401 g/mol. The lowest BCUT2D eigenvalue weighted by molar-refractivity contribution is -0.144. The smallest absolute Gasteiger partial charge is 0.431 e. The maximum atomic E-state index is 13.7. The monoisotopic (exact) mass is 422 g/mol. The van der Waals surface area contributed by atoms with Crippen LogP contribution in [0.1, 0.15) is 47.1 Å². The van der Waals surface area contributed by atoms with E-state index >= 15 is 0 Å². The quantitative estimate of drug-likeness (QED) is 0.600. The molecule has 1 aromatic carbocycles. The zero-order valence-electron chi connectivity index (χ0n) is 16.8. The topological polar surface area (TPSA) is 116 Å². The Hall–Kier alpha value is -3.43. The standard InChI is InChI=1S/C20H21F3N4O3/c1-8(2)26-13(20(21,22)23)7-11-14(18(25)29)17(24)27(16(11)19(26)30)15-9(3)5-6-12(28)10(15)4/h5-8,28H,24H2,1-4H3,(H2,25,29). The average molecular weight is 422 g/mol. The molecule has 5 N–H and O–H groups in total. The lowest BCUT2D eigenvalue weighted by atomic mass is 10.1. The molecule has 30 heavy (non-hydrogen) atoms. The highest BCUT2D eigenvalue weighted by atomic mass is 19.4. The number of nitrogen functional groups attached to an aromatic ring is 1. The zero-order chi connectivity index (χ0) is 22.7. The van der Waals surface area contributed by atoms with Crippen molar-refractivity contribution in [3.8, 4) is 11.4 Å². The van der Waals surface area contributed by atoms with Crippen LogP contribution >= 0.6 is 0 Å². The Bertz CT molecular complexity index is 1250. The molecule has 0 aliphatic heterocycles. The van der Waals surface area contributed by atoms with Crippen molar-refractivity contribution < 1.29 is 23.1 Å². The van der Waals surface area contributed by atoms with Crippen molar-refractivity contribution in [2.24, 2.45) is 5.73 Å². The van der Waals surface area contributed by atoms with Gasteiger partial charge in [0.15, 0.2) is 0 Å². The van der Waals surface area contributed by atoms with Gasteiger partial charge in [0.2, 0.25) is 0 Å². The van der Waals surface area contributed by atoms with Crippen LogP contribution in [0.3, 0.4) is 0 Å². The molecule has 0 radical (unpaired) electrons. The summed E-state index contributed by atoms with van der Waals surface area (Å²) in [6, 6.07) is 2.90. The van der Waals surface area contributed by atoms with Crippen LogP contribution in [-0.2, 0) is 6.18 Å². The van der Waals surface area contributed by atoms with E-state index in [0.717, 1.165) is 6.07 Å². The summed E-state index contributed by atoms with van der Waals surface area (Å²) in [5.41, 5.74) is 9.98. The summed E-state index contributed by atoms with van der Waals surface area (Å²) in [5, 5.41) is 9.85. The second kappa shape index (κ2) is 6.82. The Kier molecular flexibility index (Phi) is 4.84. The van der Waals surface area contributed by atoms with E-state index in [1.807, 2.05) is 0 Å². The number of phenols is 1. The SMILES string of the molecule is Cc1ccc(O)c(C)c1-n1c(N)c(C(N)=O)c2cc(C(F)(F)F)n(C(C)C)c(=O)c21. The summed E-state index contributed by atoms with van der Waals surface area (Å²) < 4.78 is 42.9. The lowest BCUT2D eigenvalue weighted by Gasteiger charge is -2.20. The third-order valence-electron chi connectivity index (χ3n) is 5.09. The number of aromatic nitrogens is 2. The van der Waals surface area contributed by atoms with Gasteiger partial charge < -0.3 is 21.1 Å². The van der Waals surface area contributed by atoms with Crippen molar-refractivity contribution in [3.63, 3.8) is 0 Å². The third-order valence-corrected chi connectivity index (χ3v) is 5.09. The van der Waals surface area contributed by atoms with E-state index in [2.05, 4.69) is 0 Å². The maximum absolute atomic E-state index is 13.7. The molecule has 1 amide bonds. The minimum absolute atomic E-state index is 0.103. The van der Waals surface area contributed by atoms with Crippen molar-refractivity contribution in [2.75, 3.05) is 5.73 Å². The second-order valence-electron chi connectivity index (χ2n) is 7.39. The molecule has 2 aromatic heterocycles. The van der Waals surface area contributed by atoms with Gasteiger partial charge in [0.25, 0.3) is 11.5 Å². The van der Waals surface area contributed by atoms with E-state index in [1.54, 1.807) is 19.9 Å². The number of amides is 1. The van der Waals surface area contributed by atoms with E-state index in [4.69, 9.17) is 11.5 Å². The summed E-state index contributed by atoms with van der Waals surface area (Å²) >= 11 is 0. The number of hydrogen-bond donors (Lipinski definition) is 3. The molecule has 0 aliphatic carbocycles. The first-order valence-electron chi connectivity index (χ1n) is 9.05. The number of halogens is 3. The van der Waals surface area contributed by atoms with Gasteiger partial charge in [-0.2, -0.15) is 13.2 Å². The molecule has 0 spiro atoms. The van der Waals surface area contributed by atoms with Crippen molar-refractivity contribution in [1.82, 2.24) is 9.13 Å². The van der Waals surface area contributed by atoms with E-state index in [-0.39, 0.29) is 33.7 Å². The van der Waals surface area contributed by atoms with Crippen molar-refractivity contribution in [2.45, 2.75) is 39.9 Å². The third kappa shape index (κ3) is 2.99. The zero-order valence-corrected chi connectivity index (χ0v) is 16.8. The van der Waals surface area contributed by atoms with E-state index in [1.165, 1.54) is 24.5 Å². The molecule has 0 bridgehead atoms. The van der Waals surface area contributed by atoms with Gasteiger partial charge in [0, 0.05) is 17.0 Å². The Balaban J connectivity index is 2.68. The Morgan fingerprint density at radius 2 is 1.80 bits per heavy atom. The van der Waals surface area contributed by atoms with Crippen molar-refractivity contribution in [1.29, 1.82) is 0 Å². The fraction of sp³-hybridized carbons (Fsp3) is 0.300. The number of nitrogens with two attached hydrogens (primary N) is 2. The Morgan fingerprint density at radius 3 is 2.30 bits per heavy atom. The number of hydrogen-bond acceptors (Lipinski definition) is 4. The normalized spacial score (nSPS) is 12.1. The number of aromatic hydroxyl groups is 1. The van der Waals surface area contributed by atoms with Crippen LogP contribution in [-0.4, -0.2) is 20.1 Å². The van der Waals surface area contributed by atoms with E-state index < -0.39 is 29.4 Å². The number of primary amides is 1. The highest BCUT2D eigenvalue weighted by Gasteiger charge is 2.38. The van der Waals surface area contributed by atoms with Gasteiger partial charge in [-0.1, -0.05) is 6.07 Å². The van der Waals surface area contributed by atoms with Gasteiger partial charge >= 0.3 is 6.18 Å². The summed E-state index contributed by atoms with van der Waals surface area (Å²) in [6.07, 6.45) is -4.85. The molecule has 3 rings (SSSR count). The number of nitrogens with zero attached hydrogens (tertiary/aromatic N) is 2. The molecule has 160 valence electrons. The fourth-order valence-electron chi connectivity index (χ4n) is 3.78. The minimum atomic E-state index is -4.85. The number of phenolic OH excluding ortho intramolecular Hbond substituents is 1. The molecule has 3 aromatic rings. The fourth-order valence-corrected chi connectivity index (χ4v) is 3.78. The Labute approximate surface area is 169 Å². The van der Waals surface area contributed by atoms with Crippen molar-refractivity contribution in [3.05, 3.63) is 50.9 Å². The first-order valence-corrected chi connectivity index (χ1v) is 9.05. The first kappa shape index (κ1) is 21.3. The number of fused-ring (bicyclic) bond motifs is 1. The molecule has 0 fully saturated rings. The second-order valence-corrected chi connectivity index (χ2v) is 7.39. The Morgan fingerprint density at radius 1 is 1.20 bits per heavy atom. The number of alkyl halides is 3. The maximum Gasteiger partial charge on any atom is 0.431 e. The van der Waals surface area contributed by atoms with Crippen molar-refractivity contribution >= 4 is 22.6 Å². The van der Waals surface area contributed by atoms with E-state index in [9.17, 15) is 27.9 Å². The van der Waals surface area contributed by atoms with Gasteiger partial charge in [-0.05, 0) is 45.4 Å². The van der Waals surface area contributed by atoms with Gasteiger partial charge in [0.05, 0.1) is 11.3 Å². The molecular formula is C20H21F3N4O3. The van der Waals surface area contributed by atoms with Gasteiger partial charge in [-0.25, -0.2) is 0 Å². The van der Waals surface area contributed by atoms with Crippen LogP contribution in [0.25, 0.3) is 16.6 Å². The molecule has 0 atom stereocenters. The number of aryl methyl sites for hydroxylation is 1. The van der Waals surface area contributed by atoms with Crippen LogP contribution in [0.4, 0.5) is 19.0 Å². The van der Waals surface area contributed by atoms with Gasteiger partial charge in [-0.3, -0.25) is 14.2 Å². The molecule has 0 saturated heterocycles. The van der Waals surface area contributed by atoms with Crippen LogP contribution < -0.4 is 17.0 Å². The van der Waals surface area contributed by atoms with Crippen LogP contribution in [0, 0.1) is 13.8 Å². The summed E-state index contributed by atoms with van der Waals surface area (Å²) in [5.74, 6) is -1.45. The summed E-state index contributed by atoms with van der Waals surface area (Å²) in [6.45, 7) is 6.14. The largest absolute Gasteiger partial charge is 0.508 e. The average Bonchev–Trinajstić information content (AvgIpc) is 2.90. The van der Waals surface area contributed by atoms with Gasteiger partial charge in [0.1, 0.15) is 22.8 Å². The summed E-state index contributed by atoms with van der Waals surface area (Å²) in [4.78, 5) is 25.4. The molecule has 10 heteroatoms. The minimum Gasteiger partial charge on any atom is -0.508 e. The predicted molar refractivity (Wildman–Crippen MR) is 107 cm³/mol. The summed E-state index contributed by atoms with van der Waals surface area (Å²) in [7, 11) is 0. The molecule has 0 unspecified atom stereocenters. The van der Waals surface area contributed by atoms with E-state index in [0.29, 0.717) is 15.7 Å². The van der Waals surface area contributed by atoms with Gasteiger partial charge in [-0.15, -0.1) is 0 Å². The molecule has 2 heterocycles. The number of carbonyl (C=O) groups excluding carboxylic acids is 1. The molecule has 0 saturated carbocycles. The lowest BCUT2D eigenvalue weighted by Crippen LogP contribution is -2.30. The number of carbonyl (C=O) groups is 1. The molecule has 0 aliphatic rings. The predicted octanol–water partition coefficient (Wildman–Crippen LogP) is 3.40. The molecule has 7 nitrogen and oxygen atoms in total. The van der Waals surface area contributed by atoms with Crippen LogP contribution in [0.15, 0.2) is 23.0 Å². The van der Waals surface area contributed by atoms with Crippen LogP contribution in [0.2, 0.25) is 0 Å². The highest BCUT2D eigenvalue weighted by Crippen LogP contribution is 2.38. The number of rotatable bonds is 3. The van der Waals surface area contributed by atoms with Crippen LogP contribution in [0.5, 0.6) is 5.75 Å². The first-order chi connectivity index (χ1) is 13.8. The number of pyridine rings is 1. The number of anilines is 1.